The summed E-state index contributed by atoms with van der Waals surface area (Å²) in [5.74, 6) is -0.0540. The molecule has 1 spiro atoms. The lowest BCUT2D eigenvalue weighted by Gasteiger charge is -2.44. The van der Waals surface area contributed by atoms with Gasteiger partial charge in [0.15, 0.2) is 5.65 Å². The van der Waals surface area contributed by atoms with Gasteiger partial charge in [0, 0.05) is 38.1 Å². The van der Waals surface area contributed by atoms with E-state index < -0.39 is 5.60 Å². The fourth-order valence-corrected chi connectivity index (χ4v) is 3.73. The van der Waals surface area contributed by atoms with Crippen LogP contribution < -0.4 is 0 Å². The van der Waals surface area contributed by atoms with E-state index in [4.69, 9.17) is 9.47 Å². The van der Waals surface area contributed by atoms with Crippen LogP contribution in [0.3, 0.4) is 0 Å². The number of nitrogens with zero attached hydrogens (tertiary/aromatic N) is 5. The summed E-state index contributed by atoms with van der Waals surface area (Å²) in [7, 11) is 0. The SMILES string of the molecule is CC(C)N1CCOCC2(CN(C(=O)c3cnn4cccnc34)CCO2)C1. The Hall–Kier alpha value is -2.03. The Labute approximate surface area is 152 Å². The van der Waals surface area contributed by atoms with Gasteiger partial charge >= 0.3 is 0 Å². The van der Waals surface area contributed by atoms with Crippen LogP contribution in [0.4, 0.5) is 0 Å². The molecule has 2 aliphatic rings. The van der Waals surface area contributed by atoms with Crippen LogP contribution in [0.25, 0.3) is 5.65 Å². The van der Waals surface area contributed by atoms with E-state index in [0.717, 1.165) is 13.1 Å². The van der Waals surface area contributed by atoms with Gasteiger partial charge in [-0.2, -0.15) is 5.10 Å². The first kappa shape index (κ1) is 17.4. The number of morpholine rings is 1. The predicted molar refractivity (Wildman–Crippen MR) is 95.1 cm³/mol. The molecule has 0 saturated carbocycles. The minimum atomic E-state index is -0.481. The van der Waals surface area contributed by atoms with Crippen molar-refractivity contribution in [2.24, 2.45) is 0 Å². The first-order valence-corrected chi connectivity index (χ1v) is 9.11. The maximum absolute atomic E-state index is 13.1. The number of aromatic nitrogens is 3. The highest BCUT2D eigenvalue weighted by molar-refractivity contribution is 5.99. The maximum atomic E-state index is 13.1. The molecule has 1 unspecified atom stereocenters. The van der Waals surface area contributed by atoms with Gasteiger partial charge in [0.2, 0.25) is 0 Å². The lowest BCUT2D eigenvalue weighted by molar-refractivity contribution is -0.134. The average molecular weight is 359 g/mol. The maximum Gasteiger partial charge on any atom is 0.259 e. The molecular formula is C18H25N5O3. The molecule has 2 aliphatic heterocycles. The van der Waals surface area contributed by atoms with Gasteiger partial charge in [-0.15, -0.1) is 0 Å². The van der Waals surface area contributed by atoms with Crippen molar-refractivity contribution in [3.8, 4) is 0 Å². The molecule has 0 radical (unpaired) electrons. The zero-order valence-corrected chi connectivity index (χ0v) is 15.3. The zero-order chi connectivity index (χ0) is 18.1. The van der Waals surface area contributed by atoms with Crippen LogP contribution in [-0.4, -0.2) is 87.9 Å². The summed E-state index contributed by atoms with van der Waals surface area (Å²) in [6, 6.07) is 2.20. The number of hydrogen-bond acceptors (Lipinski definition) is 6. The zero-order valence-electron chi connectivity index (χ0n) is 15.3. The van der Waals surface area contributed by atoms with Crippen molar-refractivity contribution in [1.29, 1.82) is 0 Å². The van der Waals surface area contributed by atoms with E-state index in [1.165, 1.54) is 0 Å². The number of rotatable bonds is 2. The first-order valence-electron chi connectivity index (χ1n) is 9.11. The number of hydrogen-bond donors (Lipinski definition) is 0. The van der Waals surface area contributed by atoms with E-state index in [1.807, 2.05) is 4.90 Å². The van der Waals surface area contributed by atoms with E-state index in [0.29, 0.717) is 50.2 Å². The largest absolute Gasteiger partial charge is 0.377 e. The van der Waals surface area contributed by atoms with Crippen LogP contribution in [0.2, 0.25) is 0 Å². The second-order valence-corrected chi connectivity index (χ2v) is 7.32. The third kappa shape index (κ3) is 3.20. The van der Waals surface area contributed by atoms with Crippen molar-refractivity contribution < 1.29 is 14.3 Å². The molecule has 0 aliphatic carbocycles. The Bertz CT molecular complexity index is 792. The molecule has 140 valence electrons. The molecule has 0 N–H and O–H groups in total. The van der Waals surface area contributed by atoms with Crippen LogP contribution in [-0.2, 0) is 9.47 Å². The topological polar surface area (TPSA) is 72.2 Å². The molecule has 2 aromatic heterocycles. The standard InChI is InChI=1S/C18H25N5O3/c1-14(2)21-6-8-25-13-18(11-21)12-22(7-9-26-18)17(24)15-10-20-23-5-3-4-19-16(15)23/h3-5,10,14H,6-9,11-13H2,1-2H3. The normalized spacial score (nSPS) is 25.1. The van der Waals surface area contributed by atoms with Crippen molar-refractivity contribution in [3.63, 3.8) is 0 Å². The lowest BCUT2D eigenvalue weighted by atomic mass is 10.0. The average Bonchev–Trinajstić information content (AvgIpc) is 2.97. The molecule has 1 amide bonds. The highest BCUT2D eigenvalue weighted by Gasteiger charge is 2.42. The summed E-state index contributed by atoms with van der Waals surface area (Å²) in [5, 5.41) is 4.23. The Morgan fingerprint density at radius 3 is 3.00 bits per heavy atom. The van der Waals surface area contributed by atoms with Crippen molar-refractivity contribution in [2.75, 3.05) is 46.0 Å². The Morgan fingerprint density at radius 2 is 2.15 bits per heavy atom. The summed E-state index contributed by atoms with van der Waals surface area (Å²) in [4.78, 5) is 21.6. The second kappa shape index (κ2) is 6.94. The third-order valence-corrected chi connectivity index (χ3v) is 5.15. The molecule has 8 nitrogen and oxygen atoms in total. The summed E-state index contributed by atoms with van der Waals surface area (Å²) in [5.41, 5.74) is 0.627. The Balaban J connectivity index is 1.57. The number of fused-ring (bicyclic) bond motifs is 1. The highest BCUT2D eigenvalue weighted by Crippen LogP contribution is 2.25. The molecule has 1 atom stereocenters. The molecule has 0 bridgehead atoms. The van der Waals surface area contributed by atoms with Crippen LogP contribution in [0.1, 0.15) is 24.2 Å². The smallest absolute Gasteiger partial charge is 0.259 e. The van der Waals surface area contributed by atoms with E-state index in [9.17, 15) is 4.79 Å². The van der Waals surface area contributed by atoms with E-state index in [-0.39, 0.29) is 5.91 Å². The summed E-state index contributed by atoms with van der Waals surface area (Å²) >= 11 is 0. The second-order valence-electron chi connectivity index (χ2n) is 7.32. The van der Waals surface area contributed by atoms with Gasteiger partial charge in [-0.05, 0) is 19.9 Å². The van der Waals surface area contributed by atoms with Crippen molar-refractivity contribution in [1.82, 2.24) is 24.4 Å². The quantitative estimate of drug-likeness (QED) is 0.785. The highest BCUT2D eigenvalue weighted by atomic mass is 16.5. The van der Waals surface area contributed by atoms with Gasteiger partial charge in [-0.1, -0.05) is 0 Å². The number of amides is 1. The summed E-state index contributed by atoms with van der Waals surface area (Å²) in [6.07, 6.45) is 5.06. The molecule has 2 fully saturated rings. The predicted octanol–water partition coefficient (Wildman–Crippen LogP) is 0.681. The summed E-state index contributed by atoms with van der Waals surface area (Å²) in [6.45, 7) is 8.78. The molecular weight excluding hydrogens is 334 g/mol. The van der Waals surface area contributed by atoms with Gasteiger partial charge in [0.05, 0.1) is 32.6 Å². The minimum absolute atomic E-state index is 0.0540. The van der Waals surface area contributed by atoms with Crippen molar-refractivity contribution in [3.05, 3.63) is 30.2 Å². The van der Waals surface area contributed by atoms with Crippen LogP contribution >= 0.6 is 0 Å². The Morgan fingerprint density at radius 1 is 1.27 bits per heavy atom. The molecule has 2 aromatic rings. The molecule has 26 heavy (non-hydrogen) atoms. The van der Waals surface area contributed by atoms with Crippen molar-refractivity contribution >= 4 is 11.6 Å². The van der Waals surface area contributed by atoms with Gasteiger partial charge in [-0.25, -0.2) is 9.50 Å². The lowest BCUT2D eigenvalue weighted by Crippen LogP contribution is -2.60. The number of ether oxygens (including phenoxy) is 2. The monoisotopic (exact) mass is 359 g/mol. The fourth-order valence-electron chi connectivity index (χ4n) is 3.73. The van der Waals surface area contributed by atoms with E-state index in [2.05, 4.69) is 28.8 Å². The molecule has 4 rings (SSSR count). The van der Waals surface area contributed by atoms with Gasteiger partial charge in [0.1, 0.15) is 11.2 Å². The molecule has 4 heterocycles. The fraction of sp³-hybridized carbons (Fsp3) is 0.611. The van der Waals surface area contributed by atoms with Crippen molar-refractivity contribution in [2.45, 2.75) is 25.5 Å². The Kier molecular flexibility index (Phi) is 4.64. The van der Waals surface area contributed by atoms with Crippen LogP contribution in [0.5, 0.6) is 0 Å². The summed E-state index contributed by atoms with van der Waals surface area (Å²) < 4.78 is 13.6. The van der Waals surface area contributed by atoms with E-state index in [1.54, 1.807) is 29.2 Å². The minimum Gasteiger partial charge on any atom is -0.377 e. The van der Waals surface area contributed by atoms with E-state index >= 15 is 0 Å². The molecule has 8 heteroatoms. The molecule has 0 aromatic carbocycles. The van der Waals surface area contributed by atoms with Gasteiger partial charge < -0.3 is 14.4 Å². The van der Waals surface area contributed by atoms with Crippen LogP contribution in [0, 0.1) is 0 Å². The molecule has 2 saturated heterocycles. The van der Waals surface area contributed by atoms with Gasteiger partial charge in [0.25, 0.3) is 5.91 Å². The number of carbonyl (C=O) groups excluding carboxylic acids is 1. The first-order chi connectivity index (χ1) is 12.6. The van der Waals surface area contributed by atoms with Crippen LogP contribution in [0.15, 0.2) is 24.7 Å². The number of carbonyl (C=O) groups is 1. The third-order valence-electron chi connectivity index (χ3n) is 5.15. The van der Waals surface area contributed by atoms with Gasteiger partial charge in [-0.3, -0.25) is 9.69 Å².